The summed E-state index contributed by atoms with van der Waals surface area (Å²) >= 11 is 0. The molecule has 6 rings (SSSR count). The number of pyridine rings is 2. The minimum Gasteiger partial charge on any atom is -0.493 e. The molecule has 2 saturated heterocycles. The molecule has 0 amide bonds. The SMILES string of the molecule is Oc1ncccc1-c1ccc2ncc(C3=CC(F)=CC3)c(N3CC[C@H]4NCCO[C@@H]4C3)c2c1. The number of ether oxygens (including phenoxy) is 1. The van der Waals surface area contributed by atoms with Crippen LogP contribution in [0.1, 0.15) is 18.4 Å². The Morgan fingerprint density at radius 2 is 2.12 bits per heavy atom. The number of morpholine rings is 1. The lowest BCUT2D eigenvalue weighted by molar-refractivity contribution is -0.00899. The molecule has 1 aromatic carbocycles. The number of halogens is 1. The van der Waals surface area contributed by atoms with Gasteiger partial charge in [0.2, 0.25) is 5.88 Å². The average molecular weight is 445 g/mol. The van der Waals surface area contributed by atoms with Crippen LogP contribution in [0.2, 0.25) is 0 Å². The summed E-state index contributed by atoms with van der Waals surface area (Å²) in [6, 6.07) is 10.0. The van der Waals surface area contributed by atoms with E-state index in [2.05, 4.69) is 21.3 Å². The minimum absolute atomic E-state index is 0.00483. The van der Waals surface area contributed by atoms with E-state index in [0.29, 0.717) is 24.6 Å². The van der Waals surface area contributed by atoms with Crippen LogP contribution >= 0.6 is 0 Å². The topological polar surface area (TPSA) is 70.5 Å². The second-order valence-electron chi connectivity index (χ2n) is 8.79. The molecular weight excluding hydrogens is 419 g/mol. The molecule has 1 aliphatic carbocycles. The first-order valence-corrected chi connectivity index (χ1v) is 11.4. The van der Waals surface area contributed by atoms with Gasteiger partial charge in [0.05, 0.1) is 23.9 Å². The zero-order chi connectivity index (χ0) is 22.4. The summed E-state index contributed by atoms with van der Waals surface area (Å²) in [5.41, 5.74) is 5.31. The van der Waals surface area contributed by atoms with Crippen molar-refractivity contribution in [1.29, 1.82) is 0 Å². The Labute approximate surface area is 191 Å². The molecule has 0 bridgehead atoms. The van der Waals surface area contributed by atoms with Crippen LogP contribution < -0.4 is 10.2 Å². The van der Waals surface area contributed by atoms with Crippen LogP contribution in [0.15, 0.2) is 60.7 Å². The third-order valence-corrected chi connectivity index (χ3v) is 6.83. The van der Waals surface area contributed by atoms with Crippen molar-refractivity contribution >= 4 is 22.2 Å². The minimum atomic E-state index is -0.205. The maximum Gasteiger partial charge on any atom is 0.218 e. The monoisotopic (exact) mass is 444 g/mol. The van der Waals surface area contributed by atoms with E-state index in [9.17, 15) is 9.50 Å². The van der Waals surface area contributed by atoms with Gasteiger partial charge in [0.25, 0.3) is 0 Å². The lowest BCUT2D eigenvalue weighted by atomic mass is 9.94. The highest BCUT2D eigenvalue weighted by Crippen LogP contribution is 2.41. The van der Waals surface area contributed by atoms with Gasteiger partial charge >= 0.3 is 0 Å². The molecule has 168 valence electrons. The van der Waals surface area contributed by atoms with Gasteiger partial charge in [-0.3, -0.25) is 4.98 Å². The van der Waals surface area contributed by atoms with Crippen LogP contribution in [0.3, 0.4) is 0 Å². The molecule has 0 spiro atoms. The van der Waals surface area contributed by atoms with Gasteiger partial charge in [-0.2, -0.15) is 0 Å². The van der Waals surface area contributed by atoms with Gasteiger partial charge in [-0.1, -0.05) is 6.07 Å². The van der Waals surface area contributed by atoms with Gasteiger partial charge in [-0.25, -0.2) is 9.37 Å². The molecule has 2 fully saturated rings. The summed E-state index contributed by atoms with van der Waals surface area (Å²) in [7, 11) is 0. The van der Waals surface area contributed by atoms with Crippen molar-refractivity contribution in [3.05, 3.63) is 66.3 Å². The van der Waals surface area contributed by atoms with E-state index in [1.54, 1.807) is 18.3 Å². The van der Waals surface area contributed by atoms with Crippen LogP contribution in [0.5, 0.6) is 5.88 Å². The van der Waals surface area contributed by atoms with Crippen LogP contribution in [-0.4, -0.2) is 53.5 Å². The molecule has 7 heteroatoms. The first-order valence-electron chi connectivity index (χ1n) is 11.4. The molecule has 2 atom stereocenters. The Balaban J connectivity index is 1.51. The number of piperidine rings is 1. The number of fused-ring (bicyclic) bond motifs is 2. The number of benzene rings is 1. The molecular formula is C26H25FN4O2. The van der Waals surface area contributed by atoms with E-state index in [1.165, 1.54) is 0 Å². The van der Waals surface area contributed by atoms with E-state index in [1.807, 2.05) is 30.5 Å². The number of anilines is 1. The number of aromatic nitrogens is 2. The lowest BCUT2D eigenvalue weighted by Crippen LogP contribution is -2.57. The smallest absolute Gasteiger partial charge is 0.218 e. The molecule has 0 unspecified atom stereocenters. The van der Waals surface area contributed by atoms with Crippen LogP contribution in [0.25, 0.3) is 27.6 Å². The first kappa shape index (κ1) is 20.3. The Bertz CT molecular complexity index is 1290. The fourth-order valence-electron chi connectivity index (χ4n) is 5.20. The van der Waals surface area contributed by atoms with Gasteiger partial charge < -0.3 is 20.1 Å². The van der Waals surface area contributed by atoms with Crippen molar-refractivity contribution in [3.63, 3.8) is 0 Å². The van der Waals surface area contributed by atoms with Crippen molar-refractivity contribution in [2.45, 2.75) is 25.0 Å². The predicted octanol–water partition coefficient (Wildman–Crippen LogP) is 4.21. The van der Waals surface area contributed by atoms with E-state index in [4.69, 9.17) is 9.72 Å². The molecule has 0 saturated carbocycles. The average Bonchev–Trinajstić information content (AvgIpc) is 3.29. The van der Waals surface area contributed by atoms with Crippen LogP contribution in [0.4, 0.5) is 10.1 Å². The lowest BCUT2D eigenvalue weighted by Gasteiger charge is -2.43. The largest absolute Gasteiger partial charge is 0.493 e. The summed E-state index contributed by atoms with van der Waals surface area (Å²) in [6.07, 6.45) is 8.28. The standard InChI is InChI=1S/C26H25FN4O2/c27-18-5-3-16(12-18)21-14-30-22-6-4-17(19-2-1-8-29-26(19)32)13-20(22)25(21)31-10-7-23-24(15-31)33-11-9-28-23/h1-2,4-6,8,12-14,23-24,28H,3,7,9-11,15H2,(H,29,32)/t23-,24-/m1/s1. The van der Waals surface area contributed by atoms with Gasteiger partial charge in [0, 0.05) is 54.6 Å². The first-order chi connectivity index (χ1) is 16.2. The molecule has 2 aliphatic heterocycles. The Morgan fingerprint density at radius 3 is 2.97 bits per heavy atom. The van der Waals surface area contributed by atoms with E-state index >= 15 is 0 Å². The fraction of sp³-hybridized carbons (Fsp3) is 0.308. The summed E-state index contributed by atoms with van der Waals surface area (Å²) in [5, 5.41) is 14.9. The molecule has 33 heavy (non-hydrogen) atoms. The van der Waals surface area contributed by atoms with Crippen molar-refractivity contribution in [1.82, 2.24) is 15.3 Å². The maximum atomic E-state index is 14.0. The van der Waals surface area contributed by atoms with Gasteiger partial charge in [-0.05, 0) is 60.4 Å². The number of nitrogens with zero attached hydrogens (tertiary/aromatic N) is 3. The highest BCUT2D eigenvalue weighted by atomic mass is 19.1. The second-order valence-corrected chi connectivity index (χ2v) is 8.79. The highest BCUT2D eigenvalue weighted by Gasteiger charge is 2.34. The number of rotatable bonds is 3. The summed E-state index contributed by atoms with van der Waals surface area (Å²) < 4.78 is 20.1. The quantitative estimate of drug-likeness (QED) is 0.631. The second kappa shape index (κ2) is 8.24. The van der Waals surface area contributed by atoms with E-state index in [-0.39, 0.29) is 17.8 Å². The Kier molecular flexibility index (Phi) is 5.08. The number of hydrogen-bond donors (Lipinski definition) is 2. The Morgan fingerprint density at radius 1 is 1.18 bits per heavy atom. The summed E-state index contributed by atoms with van der Waals surface area (Å²) in [4.78, 5) is 11.1. The van der Waals surface area contributed by atoms with E-state index in [0.717, 1.165) is 59.3 Å². The molecule has 3 aromatic rings. The maximum absolute atomic E-state index is 14.0. The molecule has 3 aliphatic rings. The van der Waals surface area contributed by atoms with Gasteiger partial charge in [-0.15, -0.1) is 0 Å². The van der Waals surface area contributed by atoms with Crippen molar-refractivity contribution < 1.29 is 14.2 Å². The molecule has 4 heterocycles. The van der Waals surface area contributed by atoms with Crippen molar-refractivity contribution in [2.75, 3.05) is 31.1 Å². The van der Waals surface area contributed by atoms with Crippen molar-refractivity contribution in [3.8, 4) is 17.0 Å². The highest BCUT2D eigenvalue weighted by molar-refractivity contribution is 6.00. The summed E-state index contributed by atoms with van der Waals surface area (Å²) in [6.45, 7) is 3.23. The van der Waals surface area contributed by atoms with Crippen LogP contribution in [0, 0.1) is 0 Å². The fourth-order valence-corrected chi connectivity index (χ4v) is 5.20. The number of aromatic hydroxyl groups is 1. The van der Waals surface area contributed by atoms with E-state index < -0.39 is 0 Å². The molecule has 6 nitrogen and oxygen atoms in total. The predicted molar refractivity (Wildman–Crippen MR) is 127 cm³/mol. The Hall–Kier alpha value is -3.29. The van der Waals surface area contributed by atoms with Gasteiger partial charge in [0.15, 0.2) is 0 Å². The number of allylic oxidation sites excluding steroid dienone is 4. The zero-order valence-corrected chi connectivity index (χ0v) is 18.2. The molecule has 2 N–H and O–H groups in total. The molecule has 2 aromatic heterocycles. The number of hydrogen-bond acceptors (Lipinski definition) is 6. The third kappa shape index (κ3) is 3.67. The normalized spacial score (nSPS) is 22.8. The molecule has 0 radical (unpaired) electrons. The number of nitrogens with one attached hydrogen (secondary N) is 1. The third-order valence-electron chi connectivity index (χ3n) is 6.83. The van der Waals surface area contributed by atoms with Gasteiger partial charge in [0.1, 0.15) is 5.83 Å². The van der Waals surface area contributed by atoms with Crippen molar-refractivity contribution in [2.24, 2.45) is 0 Å². The van der Waals surface area contributed by atoms with Crippen LogP contribution in [-0.2, 0) is 4.74 Å². The zero-order valence-electron chi connectivity index (χ0n) is 18.2. The summed E-state index contributed by atoms with van der Waals surface area (Å²) in [5.74, 6) is -0.210.